The van der Waals surface area contributed by atoms with E-state index in [2.05, 4.69) is 4.74 Å². The van der Waals surface area contributed by atoms with Crippen molar-refractivity contribution in [2.45, 2.75) is 13.1 Å². The van der Waals surface area contributed by atoms with E-state index in [0.29, 0.717) is 5.56 Å². The minimum Gasteiger partial charge on any atom is -0.465 e. The summed E-state index contributed by atoms with van der Waals surface area (Å²) in [5, 5.41) is 1.84. The summed E-state index contributed by atoms with van der Waals surface area (Å²) in [6, 6.07) is 5.59. The Balaban J connectivity index is 2.26. The van der Waals surface area contributed by atoms with Crippen LogP contribution in [-0.2, 0) is 22.7 Å². The molecule has 1 heterocycles. The number of carbonyl (C=O) groups excluding carboxylic acids is 1. The maximum atomic E-state index is 11.3. The molecule has 0 fully saturated rings. The highest BCUT2D eigenvalue weighted by molar-refractivity contribution is 5.89. The quantitative estimate of drug-likeness (QED) is 0.686. The molecule has 4 nitrogen and oxygen atoms in total. The second-order valence-corrected chi connectivity index (χ2v) is 3.46. The van der Waals surface area contributed by atoms with Crippen LogP contribution in [0.3, 0.4) is 0 Å². The molecule has 0 aromatic heterocycles. The Hall–Kier alpha value is -1.39. The Labute approximate surface area is 88.4 Å². The van der Waals surface area contributed by atoms with Gasteiger partial charge in [0.1, 0.15) is 0 Å². The van der Waals surface area contributed by atoms with Crippen LogP contribution in [-0.4, -0.2) is 25.3 Å². The second kappa shape index (κ2) is 4.00. The van der Waals surface area contributed by atoms with Gasteiger partial charge < -0.3 is 9.57 Å². The monoisotopic (exact) mass is 207 g/mol. The van der Waals surface area contributed by atoms with Crippen LogP contribution in [0.5, 0.6) is 0 Å². The third-order valence-corrected chi connectivity index (χ3v) is 2.58. The largest absolute Gasteiger partial charge is 0.465 e. The minimum atomic E-state index is -0.298. The van der Waals surface area contributed by atoms with Gasteiger partial charge in [-0.05, 0) is 23.3 Å². The molecule has 15 heavy (non-hydrogen) atoms. The number of carbonyl (C=O) groups is 1. The molecule has 0 saturated heterocycles. The van der Waals surface area contributed by atoms with E-state index in [0.717, 1.165) is 18.7 Å². The molecule has 0 N–H and O–H groups in total. The van der Waals surface area contributed by atoms with Crippen molar-refractivity contribution in [3.8, 4) is 0 Å². The third-order valence-electron chi connectivity index (χ3n) is 2.58. The standard InChI is InChI=1S/C11H13NO3/c1-14-11(13)8-3-4-9-6-12(15-2)7-10(9)5-8/h3-5H,6-7H2,1-2H3. The Morgan fingerprint density at radius 3 is 2.67 bits per heavy atom. The summed E-state index contributed by atoms with van der Waals surface area (Å²) in [5.41, 5.74) is 2.92. The van der Waals surface area contributed by atoms with Gasteiger partial charge in [-0.1, -0.05) is 6.07 Å². The zero-order valence-electron chi connectivity index (χ0n) is 8.82. The first kappa shape index (κ1) is 10.1. The fourth-order valence-electron chi connectivity index (χ4n) is 1.74. The van der Waals surface area contributed by atoms with Gasteiger partial charge in [0, 0.05) is 13.1 Å². The number of methoxy groups -OCH3 is 1. The molecule has 0 amide bonds. The van der Waals surface area contributed by atoms with E-state index in [1.807, 2.05) is 17.2 Å². The fourth-order valence-corrected chi connectivity index (χ4v) is 1.74. The smallest absolute Gasteiger partial charge is 0.337 e. The highest BCUT2D eigenvalue weighted by Crippen LogP contribution is 2.23. The summed E-state index contributed by atoms with van der Waals surface area (Å²) in [6.07, 6.45) is 0. The molecule has 0 aliphatic carbocycles. The van der Waals surface area contributed by atoms with Crippen LogP contribution in [0.2, 0.25) is 0 Å². The van der Waals surface area contributed by atoms with Gasteiger partial charge in [0.15, 0.2) is 0 Å². The zero-order valence-corrected chi connectivity index (χ0v) is 8.82. The van der Waals surface area contributed by atoms with Crippen molar-refractivity contribution >= 4 is 5.97 Å². The van der Waals surface area contributed by atoms with Crippen molar-refractivity contribution in [1.82, 2.24) is 5.06 Å². The van der Waals surface area contributed by atoms with Crippen molar-refractivity contribution < 1.29 is 14.4 Å². The fraction of sp³-hybridized carbons (Fsp3) is 0.364. The SMILES string of the molecule is COC(=O)c1ccc2c(c1)CN(OC)C2. The molecule has 1 aliphatic rings. The van der Waals surface area contributed by atoms with Gasteiger partial charge in [0.05, 0.1) is 19.8 Å². The summed E-state index contributed by atoms with van der Waals surface area (Å²) in [7, 11) is 3.03. The van der Waals surface area contributed by atoms with Gasteiger partial charge in [0.25, 0.3) is 0 Å². The van der Waals surface area contributed by atoms with Crippen LogP contribution in [0.1, 0.15) is 21.5 Å². The molecule has 0 spiro atoms. The Kier molecular flexibility index (Phi) is 2.70. The van der Waals surface area contributed by atoms with Crippen molar-refractivity contribution in [1.29, 1.82) is 0 Å². The van der Waals surface area contributed by atoms with Gasteiger partial charge >= 0.3 is 5.97 Å². The number of hydrogen-bond donors (Lipinski definition) is 0. The lowest BCUT2D eigenvalue weighted by Crippen LogP contribution is -2.13. The molecular weight excluding hydrogens is 194 g/mol. The summed E-state index contributed by atoms with van der Waals surface area (Å²) in [5.74, 6) is -0.298. The highest BCUT2D eigenvalue weighted by Gasteiger charge is 2.20. The molecule has 0 radical (unpaired) electrons. The predicted molar refractivity (Wildman–Crippen MR) is 54.0 cm³/mol. The Morgan fingerprint density at radius 2 is 2.00 bits per heavy atom. The first-order valence-corrected chi connectivity index (χ1v) is 4.73. The number of esters is 1. The molecular formula is C11H13NO3. The average molecular weight is 207 g/mol. The molecule has 2 rings (SSSR count). The van der Waals surface area contributed by atoms with Crippen molar-refractivity contribution in [3.63, 3.8) is 0 Å². The van der Waals surface area contributed by atoms with E-state index in [1.54, 1.807) is 13.2 Å². The van der Waals surface area contributed by atoms with Crippen LogP contribution >= 0.6 is 0 Å². The van der Waals surface area contributed by atoms with E-state index in [9.17, 15) is 4.79 Å². The van der Waals surface area contributed by atoms with Gasteiger partial charge in [-0.2, -0.15) is 5.06 Å². The van der Waals surface area contributed by atoms with Gasteiger partial charge in [-0.15, -0.1) is 0 Å². The van der Waals surface area contributed by atoms with Crippen molar-refractivity contribution in [2.75, 3.05) is 14.2 Å². The van der Waals surface area contributed by atoms with Crippen LogP contribution in [0.25, 0.3) is 0 Å². The lowest BCUT2D eigenvalue weighted by atomic mass is 10.1. The number of rotatable bonds is 2. The van der Waals surface area contributed by atoms with Crippen molar-refractivity contribution in [3.05, 3.63) is 34.9 Å². The minimum absolute atomic E-state index is 0.298. The van der Waals surface area contributed by atoms with E-state index in [4.69, 9.17) is 4.84 Å². The van der Waals surface area contributed by atoms with Crippen LogP contribution < -0.4 is 0 Å². The maximum Gasteiger partial charge on any atom is 0.337 e. The molecule has 0 bridgehead atoms. The number of hydrogen-bond acceptors (Lipinski definition) is 4. The van der Waals surface area contributed by atoms with E-state index in [-0.39, 0.29) is 5.97 Å². The number of fused-ring (bicyclic) bond motifs is 1. The molecule has 1 aliphatic heterocycles. The number of hydroxylamine groups is 2. The Morgan fingerprint density at radius 1 is 1.27 bits per heavy atom. The van der Waals surface area contributed by atoms with Crippen molar-refractivity contribution in [2.24, 2.45) is 0 Å². The average Bonchev–Trinajstić information content (AvgIpc) is 2.69. The lowest BCUT2D eigenvalue weighted by Gasteiger charge is -2.09. The van der Waals surface area contributed by atoms with E-state index < -0.39 is 0 Å². The third kappa shape index (κ3) is 1.86. The predicted octanol–water partition coefficient (Wildman–Crippen LogP) is 1.35. The molecule has 0 saturated carbocycles. The van der Waals surface area contributed by atoms with Gasteiger partial charge in [0.2, 0.25) is 0 Å². The molecule has 80 valence electrons. The molecule has 4 heteroatoms. The Bertz CT molecular complexity index is 389. The van der Waals surface area contributed by atoms with E-state index >= 15 is 0 Å². The molecule has 0 unspecified atom stereocenters. The second-order valence-electron chi connectivity index (χ2n) is 3.46. The maximum absolute atomic E-state index is 11.3. The lowest BCUT2D eigenvalue weighted by molar-refractivity contribution is -0.137. The van der Waals surface area contributed by atoms with Gasteiger partial charge in [-0.25, -0.2) is 4.79 Å². The first-order chi connectivity index (χ1) is 7.24. The number of ether oxygens (including phenoxy) is 1. The summed E-state index contributed by atoms with van der Waals surface area (Å²) >= 11 is 0. The molecule has 1 aromatic rings. The first-order valence-electron chi connectivity index (χ1n) is 4.73. The van der Waals surface area contributed by atoms with Crippen LogP contribution in [0, 0.1) is 0 Å². The number of nitrogens with zero attached hydrogens (tertiary/aromatic N) is 1. The topological polar surface area (TPSA) is 38.8 Å². The summed E-state index contributed by atoms with van der Waals surface area (Å²) < 4.78 is 4.67. The summed E-state index contributed by atoms with van der Waals surface area (Å²) in [6.45, 7) is 1.49. The van der Waals surface area contributed by atoms with Gasteiger partial charge in [-0.3, -0.25) is 0 Å². The summed E-state index contributed by atoms with van der Waals surface area (Å²) in [4.78, 5) is 16.4. The zero-order chi connectivity index (χ0) is 10.8. The normalized spacial score (nSPS) is 15.1. The van der Waals surface area contributed by atoms with Crippen LogP contribution in [0.4, 0.5) is 0 Å². The van der Waals surface area contributed by atoms with Crippen LogP contribution in [0.15, 0.2) is 18.2 Å². The molecule has 0 atom stereocenters. The highest BCUT2D eigenvalue weighted by atomic mass is 16.7. The molecule has 1 aromatic carbocycles. The van der Waals surface area contributed by atoms with E-state index in [1.165, 1.54) is 12.7 Å². The number of benzene rings is 1.